The number of nitro groups is 1. The largest absolute Gasteiger partial charge is 0.398 e. The lowest BCUT2D eigenvalue weighted by Gasteiger charge is -2.19. The predicted molar refractivity (Wildman–Crippen MR) is 75.3 cm³/mol. The standard InChI is InChI=1S/C14H11F2N3O3/c15-14(16,18-13(20)9-4-2-1-3-5-9)11-7-6-10(19(21)22)8-12(11)17/h1-8H,17H2,(H,18,20). The topological polar surface area (TPSA) is 98.3 Å². The average Bonchev–Trinajstić information content (AvgIpc) is 2.47. The van der Waals surface area contributed by atoms with E-state index < -0.39 is 33.8 Å². The third kappa shape index (κ3) is 3.17. The number of anilines is 1. The average molecular weight is 307 g/mol. The Morgan fingerprint density at radius 3 is 2.36 bits per heavy atom. The van der Waals surface area contributed by atoms with Crippen LogP contribution < -0.4 is 11.1 Å². The van der Waals surface area contributed by atoms with E-state index in [2.05, 4.69) is 0 Å². The van der Waals surface area contributed by atoms with Gasteiger partial charge in [-0.05, 0) is 18.2 Å². The van der Waals surface area contributed by atoms with Gasteiger partial charge < -0.3 is 5.73 Å². The first-order valence-electron chi connectivity index (χ1n) is 6.11. The number of nitrogens with one attached hydrogen (secondary N) is 1. The zero-order chi connectivity index (χ0) is 16.3. The quantitative estimate of drug-likeness (QED) is 0.392. The number of nitrogens with zero attached hydrogens (tertiary/aromatic N) is 1. The summed E-state index contributed by atoms with van der Waals surface area (Å²) in [6.07, 6.45) is 0. The molecular weight excluding hydrogens is 296 g/mol. The fourth-order valence-corrected chi connectivity index (χ4v) is 1.82. The Hall–Kier alpha value is -3.03. The summed E-state index contributed by atoms with van der Waals surface area (Å²) in [5.41, 5.74) is 3.89. The zero-order valence-corrected chi connectivity index (χ0v) is 11.1. The fourth-order valence-electron chi connectivity index (χ4n) is 1.82. The van der Waals surface area contributed by atoms with Gasteiger partial charge in [-0.3, -0.25) is 20.2 Å². The van der Waals surface area contributed by atoms with Gasteiger partial charge in [0.15, 0.2) is 0 Å². The summed E-state index contributed by atoms with van der Waals surface area (Å²) in [5, 5.41) is 12.1. The number of non-ortho nitro benzene ring substituents is 1. The number of benzene rings is 2. The number of nitro benzene ring substituents is 1. The molecule has 8 heteroatoms. The Morgan fingerprint density at radius 1 is 1.18 bits per heavy atom. The molecular formula is C14H11F2N3O3. The maximum absolute atomic E-state index is 14.1. The second kappa shape index (κ2) is 5.76. The first-order valence-corrected chi connectivity index (χ1v) is 6.11. The van der Waals surface area contributed by atoms with E-state index in [-0.39, 0.29) is 5.56 Å². The van der Waals surface area contributed by atoms with Gasteiger partial charge in [-0.1, -0.05) is 18.2 Å². The lowest BCUT2D eigenvalue weighted by molar-refractivity contribution is -0.384. The molecule has 0 atom stereocenters. The highest BCUT2D eigenvalue weighted by atomic mass is 19.3. The Bertz CT molecular complexity index is 721. The third-order valence-electron chi connectivity index (χ3n) is 2.89. The maximum Gasteiger partial charge on any atom is 0.354 e. The van der Waals surface area contributed by atoms with Crippen LogP contribution in [0.1, 0.15) is 15.9 Å². The van der Waals surface area contributed by atoms with E-state index in [1.807, 2.05) is 0 Å². The van der Waals surface area contributed by atoms with E-state index in [0.29, 0.717) is 0 Å². The van der Waals surface area contributed by atoms with Crippen LogP contribution in [-0.4, -0.2) is 10.8 Å². The molecule has 0 spiro atoms. The van der Waals surface area contributed by atoms with Crippen molar-refractivity contribution in [2.75, 3.05) is 5.73 Å². The zero-order valence-electron chi connectivity index (χ0n) is 11.1. The molecule has 2 rings (SSSR count). The minimum atomic E-state index is -3.76. The number of nitrogens with two attached hydrogens (primary N) is 1. The molecule has 0 aromatic heterocycles. The van der Waals surface area contributed by atoms with Gasteiger partial charge in [0.05, 0.1) is 10.5 Å². The summed E-state index contributed by atoms with van der Waals surface area (Å²) in [6.45, 7) is 0. The minimum absolute atomic E-state index is 0.0580. The van der Waals surface area contributed by atoms with E-state index in [9.17, 15) is 23.7 Å². The second-order valence-electron chi connectivity index (χ2n) is 4.42. The van der Waals surface area contributed by atoms with Crippen LogP contribution in [-0.2, 0) is 6.05 Å². The molecule has 0 aliphatic rings. The van der Waals surface area contributed by atoms with E-state index >= 15 is 0 Å². The first kappa shape index (κ1) is 15.4. The summed E-state index contributed by atoms with van der Waals surface area (Å²) in [5.74, 6) is -0.983. The van der Waals surface area contributed by atoms with Crippen molar-refractivity contribution in [3.05, 3.63) is 69.8 Å². The van der Waals surface area contributed by atoms with E-state index in [4.69, 9.17) is 5.73 Å². The number of alkyl halides is 2. The van der Waals surface area contributed by atoms with Crippen molar-refractivity contribution in [1.29, 1.82) is 0 Å². The SMILES string of the molecule is Nc1cc([N+](=O)[O-])ccc1C(F)(F)NC(=O)c1ccccc1. The van der Waals surface area contributed by atoms with Crippen LogP contribution in [0.5, 0.6) is 0 Å². The van der Waals surface area contributed by atoms with Crippen LogP contribution in [0.4, 0.5) is 20.2 Å². The number of carbonyl (C=O) groups is 1. The van der Waals surface area contributed by atoms with Crippen molar-refractivity contribution >= 4 is 17.3 Å². The van der Waals surface area contributed by atoms with Crippen LogP contribution in [0.3, 0.4) is 0 Å². The molecule has 0 bridgehead atoms. The summed E-state index contributed by atoms with van der Waals surface area (Å²) in [7, 11) is 0. The molecule has 0 aliphatic heterocycles. The van der Waals surface area contributed by atoms with Crippen LogP contribution >= 0.6 is 0 Å². The molecule has 22 heavy (non-hydrogen) atoms. The molecule has 0 heterocycles. The van der Waals surface area contributed by atoms with Gasteiger partial charge >= 0.3 is 6.05 Å². The van der Waals surface area contributed by atoms with Gasteiger partial charge in [0.2, 0.25) is 0 Å². The van der Waals surface area contributed by atoms with Gasteiger partial charge in [0.25, 0.3) is 11.6 Å². The second-order valence-corrected chi connectivity index (χ2v) is 4.42. The molecule has 0 unspecified atom stereocenters. The Morgan fingerprint density at radius 2 is 1.82 bits per heavy atom. The maximum atomic E-state index is 14.1. The lowest BCUT2D eigenvalue weighted by Crippen LogP contribution is -2.39. The Kier molecular flexibility index (Phi) is 4.02. The predicted octanol–water partition coefficient (Wildman–Crippen LogP) is 2.66. The number of amides is 1. The number of carbonyl (C=O) groups excluding carboxylic acids is 1. The smallest absolute Gasteiger partial charge is 0.354 e. The molecule has 2 aromatic carbocycles. The number of hydrogen-bond donors (Lipinski definition) is 2. The van der Waals surface area contributed by atoms with Crippen molar-refractivity contribution in [2.24, 2.45) is 0 Å². The molecule has 6 nitrogen and oxygen atoms in total. The van der Waals surface area contributed by atoms with Crippen LogP contribution in [0.2, 0.25) is 0 Å². The van der Waals surface area contributed by atoms with Gasteiger partial charge in [-0.15, -0.1) is 0 Å². The van der Waals surface area contributed by atoms with Crippen molar-refractivity contribution in [3.63, 3.8) is 0 Å². The van der Waals surface area contributed by atoms with E-state index in [1.54, 1.807) is 11.4 Å². The van der Waals surface area contributed by atoms with E-state index in [0.717, 1.165) is 18.2 Å². The number of hydrogen-bond acceptors (Lipinski definition) is 4. The summed E-state index contributed by atoms with van der Waals surface area (Å²) in [6, 6.07) is 6.25. The molecule has 114 valence electrons. The van der Waals surface area contributed by atoms with Gasteiger partial charge in [-0.25, -0.2) is 0 Å². The minimum Gasteiger partial charge on any atom is -0.398 e. The molecule has 0 fully saturated rings. The molecule has 2 aromatic rings. The Labute approximate surface area is 123 Å². The molecule has 0 saturated heterocycles. The summed E-state index contributed by atoms with van der Waals surface area (Å²) in [4.78, 5) is 21.6. The monoisotopic (exact) mass is 307 g/mol. The van der Waals surface area contributed by atoms with E-state index in [1.165, 1.54) is 24.3 Å². The molecule has 0 saturated carbocycles. The fraction of sp³-hybridized carbons (Fsp3) is 0.0714. The summed E-state index contributed by atoms with van der Waals surface area (Å²) < 4.78 is 28.2. The molecule has 0 radical (unpaired) electrons. The highest BCUT2D eigenvalue weighted by Gasteiger charge is 2.36. The highest BCUT2D eigenvalue weighted by molar-refractivity contribution is 5.94. The normalized spacial score (nSPS) is 11.0. The van der Waals surface area contributed by atoms with Gasteiger partial charge in [0.1, 0.15) is 0 Å². The molecule has 0 aliphatic carbocycles. The van der Waals surface area contributed by atoms with Crippen molar-refractivity contribution < 1.29 is 18.5 Å². The van der Waals surface area contributed by atoms with Crippen LogP contribution in [0.25, 0.3) is 0 Å². The summed E-state index contributed by atoms with van der Waals surface area (Å²) >= 11 is 0. The number of halogens is 2. The first-order chi connectivity index (χ1) is 10.3. The van der Waals surface area contributed by atoms with Crippen molar-refractivity contribution in [3.8, 4) is 0 Å². The third-order valence-corrected chi connectivity index (χ3v) is 2.89. The van der Waals surface area contributed by atoms with Crippen LogP contribution in [0.15, 0.2) is 48.5 Å². The Balaban J connectivity index is 2.27. The lowest BCUT2D eigenvalue weighted by atomic mass is 10.1. The number of nitrogen functional groups attached to an aromatic ring is 1. The van der Waals surface area contributed by atoms with Crippen LogP contribution in [0, 0.1) is 10.1 Å². The van der Waals surface area contributed by atoms with Gasteiger partial charge in [0, 0.05) is 23.4 Å². The highest BCUT2D eigenvalue weighted by Crippen LogP contribution is 2.32. The van der Waals surface area contributed by atoms with Gasteiger partial charge in [-0.2, -0.15) is 8.78 Å². The van der Waals surface area contributed by atoms with Crippen molar-refractivity contribution in [2.45, 2.75) is 6.05 Å². The molecule has 1 amide bonds. The number of rotatable bonds is 4. The van der Waals surface area contributed by atoms with Crippen molar-refractivity contribution in [1.82, 2.24) is 5.32 Å². The molecule has 3 N–H and O–H groups in total.